The lowest BCUT2D eigenvalue weighted by atomic mass is 10.0. The first-order valence-corrected chi connectivity index (χ1v) is 15.2. The molecule has 44 heavy (non-hydrogen) atoms. The second kappa shape index (κ2) is 14.2. The van der Waals surface area contributed by atoms with Gasteiger partial charge in [0.2, 0.25) is 0 Å². The van der Waals surface area contributed by atoms with Gasteiger partial charge < -0.3 is 29.6 Å². The second-order valence-corrected chi connectivity index (χ2v) is 11.9. The summed E-state index contributed by atoms with van der Waals surface area (Å²) in [7, 11) is 0. The summed E-state index contributed by atoms with van der Waals surface area (Å²) in [5, 5.41) is 7.51. The largest absolute Gasteiger partial charge is 0.457 e. The van der Waals surface area contributed by atoms with Crippen molar-refractivity contribution in [1.82, 2.24) is 5.32 Å². The van der Waals surface area contributed by atoms with Crippen LogP contribution in [0.2, 0.25) is 15.1 Å². The van der Waals surface area contributed by atoms with E-state index >= 15 is 0 Å². The van der Waals surface area contributed by atoms with Crippen LogP contribution in [0.4, 0.5) is 5.69 Å². The summed E-state index contributed by atoms with van der Waals surface area (Å²) in [4.78, 5) is 38.4. The van der Waals surface area contributed by atoms with Gasteiger partial charge in [-0.1, -0.05) is 65.1 Å². The van der Waals surface area contributed by atoms with E-state index in [4.69, 9.17) is 53.8 Å². The van der Waals surface area contributed by atoms with E-state index in [0.29, 0.717) is 22.2 Å². The third-order valence-electron chi connectivity index (χ3n) is 7.51. The van der Waals surface area contributed by atoms with Gasteiger partial charge in [-0.2, -0.15) is 0 Å². The van der Waals surface area contributed by atoms with Gasteiger partial charge in [-0.25, -0.2) is 4.79 Å². The Morgan fingerprint density at radius 2 is 1.45 bits per heavy atom. The number of esters is 2. The average molecular weight is 662 g/mol. The molecule has 2 saturated heterocycles. The molecule has 0 aliphatic carbocycles. The first-order valence-electron chi connectivity index (χ1n) is 14.0. The third-order valence-corrected chi connectivity index (χ3v) is 8.53. The number of halogens is 3. The first kappa shape index (κ1) is 32.1. The molecule has 12 heteroatoms. The van der Waals surface area contributed by atoms with Gasteiger partial charge in [-0.3, -0.25) is 9.59 Å². The Hall–Kier alpha value is -3.34. The first-order chi connectivity index (χ1) is 21.1. The molecule has 3 aromatic rings. The van der Waals surface area contributed by atoms with Gasteiger partial charge in [0.1, 0.15) is 18.2 Å². The van der Waals surface area contributed by atoms with Crippen molar-refractivity contribution in [3.63, 3.8) is 0 Å². The average Bonchev–Trinajstić information content (AvgIpc) is 3.56. The van der Waals surface area contributed by atoms with Crippen molar-refractivity contribution in [2.45, 2.75) is 57.3 Å². The van der Waals surface area contributed by atoms with E-state index in [0.717, 1.165) is 16.8 Å². The van der Waals surface area contributed by atoms with E-state index in [-0.39, 0.29) is 30.2 Å². The zero-order valence-electron chi connectivity index (χ0n) is 24.0. The monoisotopic (exact) mass is 660 g/mol. The Kier molecular flexibility index (Phi) is 10.3. The van der Waals surface area contributed by atoms with Crippen LogP contribution in [0.25, 0.3) is 0 Å². The maximum Gasteiger partial charge on any atom is 0.329 e. The SMILES string of the molecule is CC(=O)O[C@H]1CO[C@H]2[C@@H]1OC[C@@H]2OC(=O)C(Cc1ccc(NCc2c(Cl)cccc2Cl)cc1)NC(=O)c1c(C)cccc1Cl. The molecule has 5 rings (SSSR count). The molecule has 2 heterocycles. The highest BCUT2D eigenvalue weighted by atomic mass is 35.5. The van der Waals surface area contributed by atoms with Crippen molar-refractivity contribution in [2.75, 3.05) is 18.5 Å². The Bertz CT molecular complexity index is 1490. The van der Waals surface area contributed by atoms with Gasteiger partial charge in [0, 0.05) is 41.2 Å². The maximum absolute atomic E-state index is 13.6. The number of rotatable bonds is 10. The molecule has 2 aliphatic heterocycles. The number of hydrogen-bond acceptors (Lipinski definition) is 8. The summed E-state index contributed by atoms with van der Waals surface area (Å²) >= 11 is 18.9. The summed E-state index contributed by atoms with van der Waals surface area (Å²) < 4.78 is 22.6. The van der Waals surface area contributed by atoms with E-state index in [1.165, 1.54) is 6.92 Å². The number of ether oxygens (including phenoxy) is 4. The minimum Gasteiger partial charge on any atom is -0.457 e. The zero-order chi connectivity index (χ0) is 31.4. The molecule has 2 N–H and O–H groups in total. The molecule has 0 radical (unpaired) electrons. The van der Waals surface area contributed by atoms with Crippen molar-refractivity contribution in [2.24, 2.45) is 0 Å². The molecule has 0 bridgehead atoms. The van der Waals surface area contributed by atoms with Gasteiger partial charge in [-0.05, 0) is 48.4 Å². The Balaban J connectivity index is 1.29. The number of anilines is 1. The minimum absolute atomic E-state index is 0.0684. The fourth-order valence-corrected chi connectivity index (χ4v) is 6.14. The highest BCUT2D eigenvalue weighted by Crippen LogP contribution is 2.31. The molecule has 0 spiro atoms. The second-order valence-electron chi connectivity index (χ2n) is 10.6. The van der Waals surface area contributed by atoms with Crippen LogP contribution in [-0.4, -0.2) is 61.5 Å². The van der Waals surface area contributed by atoms with Crippen LogP contribution in [0.1, 0.15) is 34.0 Å². The van der Waals surface area contributed by atoms with Crippen LogP contribution in [0, 0.1) is 6.92 Å². The Morgan fingerprint density at radius 1 is 0.864 bits per heavy atom. The quantitative estimate of drug-likeness (QED) is 0.272. The topological polar surface area (TPSA) is 112 Å². The highest BCUT2D eigenvalue weighted by molar-refractivity contribution is 6.36. The maximum atomic E-state index is 13.6. The molecule has 2 aliphatic rings. The Labute approximate surface area is 270 Å². The number of benzene rings is 3. The van der Waals surface area contributed by atoms with Crippen LogP contribution >= 0.6 is 34.8 Å². The number of amides is 1. The van der Waals surface area contributed by atoms with Gasteiger partial charge in [0.05, 0.1) is 23.8 Å². The molecule has 3 aromatic carbocycles. The fourth-order valence-electron chi connectivity index (χ4n) is 5.30. The van der Waals surface area contributed by atoms with Crippen LogP contribution < -0.4 is 10.6 Å². The van der Waals surface area contributed by atoms with Gasteiger partial charge in [-0.15, -0.1) is 0 Å². The van der Waals surface area contributed by atoms with E-state index in [1.54, 1.807) is 43.3 Å². The number of nitrogens with one attached hydrogen (secondary N) is 2. The van der Waals surface area contributed by atoms with Crippen molar-refractivity contribution < 1.29 is 33.3 Å². The smallest absolute Gasteiger partial charge is 0.329 e. The van der Waals surface area contributed by atoms with Crippen LogP contribution in [0.5, 0.6) is 0 Å². The number of carbonyl (C=O) groups excluding carboxylic acids is 3. The van der Waals surface area contributed by atoms with Crippen molar-refractivity contribution >= 4 is 58.3 Å². The molecule has 9 nitrogen and oxygen atoms in total. The van der Waals surface area contributed by atoms with E-state index in [2.05, 4.69) is 10.6 Å². The summed E-state index contributed by atoms with van der Waals surface area (Å²) in [5.74, 6) is -1.61. The van der Waals surface area contributed by atoms with Crippen LogP contribution in [0.3, 0.4) is 0 Å². The van der Waals surface area contributed by atoms with Crippen molar-refractivity contribution in [1.29, 1.82) is 0 Å². The molecular formula is C32H31Cl3N2O7. The van der Waals surface area contributed by atoms with E-state index in [1.807, 2.05) is 24.3 Å². The standard InChI is InChI=1S/C32H31Cl3N2O7/c1-17-5-3-8-24(35)28(17)31(39)37-25(32(40)44-27-16-42-29-26(43-18(2)38)15-41-30(27)29)13-19-9-11-20(12-10-19)36-14-21-22(33)6-4-7-23(21)34/h3-12,25-27,29-30,36H,13-16H2,1-2H3,(H,37,39)/t25?,26-,27-,29+,30+/m0/s1. The molecule has 0 saturated carbocycles. The molecule has 0 aromatic heterocycles. The number of carbonyl (C=O) groups is 3. The predicted octanol–water partition coefficient (Wildman–Crippen LogP) is 5.55. The number of hydrogen-bond donors (Lipinski definition) is 2. The lowest BCUT2D eigenvalue weighted by Gasteiger charge is -2.23. The van der Waals surface area contributed by atoms with Crippen LogP contribution in [-0.2, 0) is 41.5 Å². The molecule has 5 atom stereocenters. The highest BCUT2D eigenvalue weighted by Gasteiger charge is 2.51. The van der Waals surface area contributed by atoms with Gasteiger partial charge in [0.25, 0.3) is 5.91 Å². The molecule has 2 fully saturated rings. The Morgan fingerprint density at radius 3 is 2.07 bits per heavy atom. The summed E-state index contributed by atoms with van der Waals surface area (Å²) in [6, 6.07) is 16.8. The lowest BCUT2D eigenvalue weighted by molar-refractivity contribution is -0.156. The van der Waals surface area contributed by atoms with Gasteiger partial charge in [0.15, 0.2) is 12.2 Å². The van der Waals surface area contributed by atoms with E-state index < -0.39 is 48.3 Å². The summed E-state index contributed by atoms with van der Waals surface area (Å²) in [5.41, 5.74) is 3.31. The van der Waals surface area contributed by atoms with Crippen molar-refractivity contribution in [3.8, 4) is 0 Å². The zero-order valence-corrected chi connectivity index (χ0v) is 26.2. The van der Waals surface area contributed by atoms with Crippen molar-refractivity contribution in [3.05, 3.63) is 98.0 Å². The summed E-state index contributed by atoms with van der Waals surface area (Å²) in [6.45, 7) is 3.70. The normalized spacial score (nSPS) is 21.3. The number of fused-ring (bicyclic) bond motifs is 1. The number of aryl methyl sites for hydroxylation is 1. The molecule has 1 unspecified atom stereocenters. The van der Waals surface area contributed by atoms with E-state index in [9.17, 15) is 14.4 Å². The molecule has 232 valence electrons. The molecule has 1 amide bonds. The predicted molar refractivity (Wildman–Crippen MR) is 166 cm³/mol. The third kappa shape index (κ3) is 7.47. The summed E-state index contributed by atoms with van der Waals surface area (Å²) in [6.07, 6.45) is -2.32. The fraction of sp³-hybridized carbons (Fsp3) is 0.344. The van der Waals surface area contributed by atoms with Gasteiger partial charge >= 0.3 is 11.9 Å². The minimum atomic E-state index is -1.05. The van der Waals surface area contributed by atoms with Crippen LogP contribution in [0.15, 0.2) is 60.7 Å². The molecular weight excluding hydrogens is 631 g/mol. The lowest BCUT2D eigenvalue weighted by Crippen LogP contribution is -2.46.